The Balaban J connectivity index is 2.15. The first-order valence-corrected chi connectivity index (χ1v) is 5.62. The minimum Gasteiger partial charge on any atom is -0.505 e. The molecule has 2 aromatic carbocycles. The Morgan fingerprint density at radius 3 is 2.55 bits per heavy atom. The number of hydrogen-bond donors (Lipinski definition) is 2. The molecular weight excluding hydrogens is 270 g/mol. The van der Waals surface area contributed by atoms with Crippen LogP contribution in [0, 0.1) is 21.7 Å². The van der Waals surface area contributed by atoms with E-state index in [1.54, 1.807) is 0 Å². The number of nitro groups is 1. The second kappa shape index (κ2) is 5.52. The number of rotatable bonds is 4. The Kier molecular flexibility index (Phi) is 3.79. The Morgan fingerprint density at radius 2 is 1.90 bits per heavy atom. The number of phenols is 1. The Morgan fingerprint density at radius 1 is 1.15 bits per heavy atom. The van der Waals surface area contributed by atoms with E-state index in [4.69, 9.17) is 5.11 Å². The van der Waals surface area contributed by atoms with E-state index in [1.165, 1.54) is 12.1 Å². The highest BCUT2D eigenvalue weighted by Gasteiger charge is 2.10. The van der Waals surface area contributed by atoms with E-state index in [0.29, 0.717) is 5.56 Å². The van der Waals surface area contributed by atoms with E-state index in [9.17, 15) is 18.9 Å². The largest absolute Gasteiger partial charge is 0.505 e. The van der Waals surface area contributed by atoms with E-state index in [2.05, 4.69) is 5.32 Å². The number of phenolic OH excluding ortho intramolecular Hbond substituents is 1. The molecule has 0 atom stereocenters. The maximum absolute atomic E-state index is 13.5. The first-order valence-electron chi connectivity index (χ1n) is 5.62. The van der Waals surface area contributed by atoms with Crippen LogP contribution < -0.4 is 5.32 Å². The Bertz CT molecular complexity index is 662. The Hall–Kier alpha value is -2.70. The number of nitrogens with one attached hydrogen (secondary N) is 1. The van der Waals surface area contributed by atoms with E-state index in [0.717, 1.165) is 24.3 Å². The summed E-state index contributed by atoms with van der Waals surface area (Å²) in [6.45, 7) is 0.0648. The fourth-order valence-electron chi connectivity index (χ4n) is 1.62. The highest BCUT2D eigenvalue weighted by molar-refractivity contribution is 5.52. The van der Waals surface area contributed by atoms with Crippen molar-refractivity contribution in [3.05, 3.63) is 63.7 Å². The molecule has 104 valence electrons. The van der Waals surface area contributed by atoms with E-state index in [-0.39, 0.29) is 17.9 Å². The van der Waals surface area contributed by atoms with Gasteiger partial charge in [-0.05, 0) is 23.8 Å². The summed E-state index contributed by atoms with van der Waals surface area (Å²) in [6, 6.07) is 6.83. The first-order chi connectivity index (χ1) is 9.47. The van der Waals surface area contributed by atoms with Crippen LogP contribution in [0.5, 0.6) is 5.75 Å². The van der Waals surface area contributed by atoms with Crippen molar-refractivity contribution >= 4 is 11.4 Å². The highest BCUT2D eigenvalue weighted by Crippen LogP contribution is 2.22. The van der Waals surface area contributed by atoms with Gasteiger partial charge < -0.3 is 10.4 Å². The zero-order valence-electron chi connectivity index (χ0n) is 10.1. The molecule has 2 N–H and O–H groups in total. The molecular formula is C13H10F2N2O3. The minimum absolute atomic E-state index is 0.0484. The number of aromatic hydroxyl groups is 1. The summed E-state index contributed by atoms with van der Waals surface area (Å²) in [4.78, 5) is 9.96. The molecule has 0 heterocycles. The number of anilines is 1. The van der Waals surface area contributed by atoms with Crippen molar-refractivity contribution in [1.29, 1.82) is 0 Å². The van der Waals surface area contributed by atoms with Crippen molar-refractivity contribution in [1.82, 2.24) is 0 Å². The third-order valence-electron chi connectivity index (χ3n) is 2.66. The van der Waals surface area contributed by atoms with Crippen molar-refractivity contribution in [2.24, 2.45) is 0 Å². The van der Waals surface area contributed by atoms with Gasteiger partial charge in [-0.25, -0.2) is 8.78 Å². The van der Waals surface area contributed by atoms with Gasteiger partial charge in [-0.3, -0.25) is 10.1 Å². The summed E-state index contributed by atoms with van der Waals surface area (Å²) in [6.07, 6.45) is 0. The molecule has 20 heavy (non-hydrogen) atoms. The summed E-state index contributed by atoms with van der Waals surface area (Å²) < 4.78 is 26.6. The lowest BCUT2D eigenvalue weighted by Crippen LogP contribution is -2.02. The van der Waals surface area contributed by atoms with Crippen LogP contribution >= 0.6 is 0 Å². The minimum atomic E-state index is -0.788. The van der Waals surface area contributed by atoms with Gasteiger partial charge in [0.15, 0.2) is 11.6 Å². The SMILES string of the molecule is O=[N+]([O-])c1ccc(F)c(NCc2ccc(O)c(F)c2)c1. The van der Waals surface area contributed by atoms with Gasteiger partial charge in [0, 0.05) is 18.7 Å². The lowest BCUT2D eigenvalue weighted by atomic mass is 10.2. The number of halogens is 2. The van der Waals surface area contributed by atoms with Gasteiger partial charge in [-0.15, -0.1) is 0 Å². The molecule has 0 aliphatic rings. The standard InChI is InChI=1S/C13H10F2N2O3/c14-10-3-2-9(17(19)20)6-12(10)16-7-8-1-4-13(18)11(15)5-8/h1-6,16,18H,7H2. The molecule has 0 saturated carbocycles. The van der Waals surface area contributed by atoms with Gasteiger partial charge in [0.2, 0.25) is 0 Å². The van der Waals surface area contributed by atoms with Gasteiger partial charge in [0.1, 0.15) is 5.82 Å². The molecule has 0 aliphatic carbocycles. The lowest BCUT2D eigenvalue weighted by molar-refractivity contribution is -0.384. The number of benzene rings is 2. The predicted octanol–water partition coefficient (Wildman–Crippen LogP) is 3.19. The van der Waals surface area contributed by atoms with Crippen LogP contribution in [0.4, 0.5) is 20.2 Å². The molecule has 5 nitrogen and oxygen atoms in total. The lowest BCUT2D eigenvalue weighted by Gasteiger charge is -2.08. The summed E-state index contributed by atoms with van der Waals surface area (Å²) >= 11 is 0. The van der Waals surface area contributed by atoms with Crippen LogP contribution in [-0.2, 0) is 6.54 Å². The zero-order valence-corrected chi connectivity index (χ0v) is 10.1. The van der Waals surface area contributed by atoms with Crippen LogP contribution in [0.1, 0.15) is 5.56 Å². The van der Waals surface area contributed by atoms with Crippen LogP contribution in [0.2, 0.25) is 0 Å². The highest BCUT2D eigenvalue weighted by atomic mass is 19.1. The van der Waals surface area contributed by atoms with Crippen LogP contribution in [0.25, 0.3) is 0 Å². The zero-order chi connectivity index (χ0) is 14.7. The third-order valence-corrected chi connectivity index (χ3v) is 2.66. The summed E-state index contributed by atoms with van der Waals surface area (Å²) in [5.41, 5.74) is 0.171. The van der Waals surface area contributed by atoms with E-state index in [1.807, 2.05) is 0 Å². The molecule has 7 heteroatoms. The fourth-order valence-corrected chi connectivity index (χ4v) is 1.62. The maximum atomic E-state index is 13.5. The van der Waals surface area contributed by atoms with Gasteiger partial charge in [-0.1, -0.05) is 6.07 Å². The molecule has 0 aliphatic heterocycles. The van der Waals surface area contributed by atoms with Crippen molar-refractivity contribution in [2.45, 2.75) is 6.54 Å². The molecule has 2 rings (SSSR count). The van der Waals surface area contributed by atoms with Crippen LogP contribution in [-0.4, -0.2) is 10.0 Å². The first kappa shape index (κ1) is 13.7. The molecule has 0 unspecified atom stereocenters. The van der Waals surface area contributed by atoms with Crippen LogP contribution in [0.15, 0.2) is 36.4 Å². The topological polar surface area (TPSA) is 75.4 Å². The average molecular weight is 280 g/mol. The average Bonchev–Trinajstić information content (AvgIpc) is 2.41. The van der Waals surface area contributed by atoms with Crippen molar-refractivity contribution in [3.8, 4) is 5.75 Å². The molecule has 0 aromatic heterocycles. The third kappa shape index (κ3) is 3.00. The molecule has 0 amide bonds. The predicted molar refractivity (Wildman–Crippen MR) is 68.4 cm³/mol. The Labute approximate surface area is 112 Å². The number of non-ortho nitro benzene ring substituents is 1. The number of nitro benzene ring substituents is 1. The van der Waals surface area contributed by atoms with Gasteiger partial charge in [0.25, 0.3) is 5.69 Å². The van der Waals surface area contributed by atoms with Crippen molar-refractivity contribution in [2.75, 3.05) is 5.32 Å². The van der Waals surface area contributed by atoms with Crippen molar-refractivity contribution < 1.29 is 18.8 Å². The summed E-state index contributed by atoms with van der Waals surface area (Å²) in [7, 11) is 0. The molecule has 2 aromatic rings. The molecule has 0 saturated heterocycles. The fraction of sp³-hybridized carbons (Fsp3) is 0.0769. The summed E-state index contributed by atoms with van der Waals surface area (Å²) in [5, 5.41) is 22.3. The summed E-state index contributed by atoms with van der Waals surface area (Å²) in [5.74, 6) is -1.91. The van der Waals surface area contributed by atoms with E-state index >= 15 is 0 Å². The number of hydrogen-bond acceptors (Lipinski definition) is 4. The molecule has 0 radical (unpaired) electrons. The van der Waals surface area contributed by atoms with Gasteiger partial charge >= 0.3 is 0 Å². The monoisotopic (exact) mass is 280 g/mol. The van der Waals surface area contributed by atoms with E-state index < -0.39 is 22.3 Å². The van der Waals surface area contributed by atoms with Crippen molar-refractivity contribution in [3.63, 3.8) is 0 Å². The van der Waals surface area contributed by atoms with Gasteiger partial charge in [0.05, 0.1) is 10.6 Å². The second-order valence-corrected chi connectivity index (χ2v) is 4.06. The van der Waals surface area contributed by atoms with Gasteiger partial charge in [-0.2, -0.15) is 0 Å². The molecule has 0 spiro atoms. The second-order valence-electron chi connectivity index (χ2n) is 4.06. The molecule has 0 fully saturated rings. The van der Waals surface area contributed by atoms with Crippen LogP contribution in [0.3, 0.4) is 0 Å². The normalized spacial score (nSPS) is 10.3. The smallest absolute Gasteiger partial charge is 0.271 e. The maximum Gasteiger partial charge on any atom is 0.271 e. The quantitative estimate of drug-likeness (QED) is 0.666. The number of nitrogens with zero attached hydrogens (tertiary/aromatic N) is 1. The molecule has 0 bridgehead atoms.